The second-order valence-electron chi connectivity index (χ2n) is 12.7. The van der Waals surface area contributed by atoms with Gasteiger partial charge in [-0.1, -0.05) is 32.1 Å². The number of hydrogen-bond donors (Lipinski definition) is 0. The summed E-state index contributed by atoms with van der Waals surface area (Å²) in [6.45, 7) is 0.946. The molecule has 0 radical (unpaired) electrons. The predicted molar refractivity (Wildman–Crippen MR) is 175 cm³/mol. The van der Waals surface area contributed by atoms with Crippen LogP contribution in [0.1, 0.15) is 63.4 Å². The van der Waals surface area contributed by atoms with Crippen LogP contribution in [0, 0.1) is 17.6 Å². The van der Waals surface area contributed by atoms with E-state index in [0.29, 0.717) is 35.8 Å². The van der Waals surface area contributed by atoms with Crippen molar-refractivity contribution in [2.45, 2.75) is 74.8 Å². The molecule has 9 nitrogen and oxygen atoms in total. The molecule has 1 saturated heterocycles. The van der Waals surface area contributed by atoms with E-state index in [0.717, 1.165) is 48.0 Å². The van der Waals surface area contributed by atoms with Crippen molar-refractivity contribution in [3.63, 3.8) is 0 Å². The molecule has 1 atom stereocenters. The number of piperidine rings is 1. The number of nitrogens with zero attached hydrogens (tertiary/aromatic N) is 5. The summed E-state index contributed by atoms with van der Waals surface area (Å²) in [5.74, 6) is -0.757. The molecule has 1 saturated carbocycles. The largest absolute Gasteiger partial charge is 0.497 e. The molecule has 12 heteroatoms. The summed E-state index contributed by atoms with van der Waals surface area (Å²) in [4.78, 5) is 11.2. The highest BCUT2D eigenvalue weighted by atomic mass is 32.2. The standard InChI is InChI=1S/C34H45F2N5O4S/c1-39(2)34(16-13-25-9-6-5-7-10-25)15-8-18-40(23-34)27-19-29(35)33(30(36)20-27)46(42,43)41(32-14-17-37-24-38-32)22-26-11-12-28(44-3)21-31(26)45-4/h11-12,14,17,19-21,24-25H,5-10,13,15-16,18,22-23H2,1-4H3/t34-/m0/s1. The minimum absolute atomic E-state index is 0.0412. The summed E-state index contributed by atoms with van der Waals surface area (Å²) in [7, 11) is 2.34. The first-order chi connectivity index (χ1) is 22.1. The molecular formula is C34H45F2N5O4S. The first kappa shape index (κ1) is 33.8. The molecule has 2 heterocycles. The second kappa shape index (κ2) is 14.5. The van der Waals surface area contributed by atoms with Gasteiger partial charge >= 0.3 is 0 Å². The van der Waals surface area contributed by atoms with Crippen molar-refractivity contribution in [1.82, 2.24) is 14.9 Å². The molecular weight excluding hydrogens is 612 g/mol. The summed E-state index contributed by atoms with van der Waals surface area (Å²) in [6, 6.07) is 8.57. The average Bonchev–Trinajstić information content (AvgIpc) is 3.06. The summed E-state index contributed by atoms with van der Waals surface area (Å²) in [6.07, 6.45) is 13.0. The summed E-state index contributed by atoms with van der Waals surface area (Å²) in [5.41, 5.74) is 0.654. The molecule has 3 aromatic rings. The highest BCUT2D eigenvalue weighted by Gasteiger charge is 2.39. The van der Waals surface area contributed by atoms with Gasteiger partial charge in [-0.2, -0.15) is 0 Å². The quantitative estimate of drug-likeness (QED) is 0.220. The number of rotatable bonds is 12. The van der Waals surface area contributed by atoms with Gasteiger partial charge in [0.05, 0.1) is 20.8 Å². The first-order valence-electron chi connectivity index (χ1n) is 16.0. The molecule has 0 amide bonds. The summed E-state index contributed by atoms with van der Waals surface area (Å²) in [5, 5.41) is 0. The van der Waals surface area contributed by atoms with Gasteiger partial charge in [-0.05, 0) is 70.0 Å². The lowest BCUT2D eigenvalue weighted by atomic mass is 9.78. The van der Waals surface area contributed by atoms with Gasteiger partial charge in [-0.3, -0.25) is 0 Å². The van der Waals surface area contributed by atoms with Gasteiger partial charge in [0.15, 0.2) is 4.90 Å². The van der Waals surface area contributed by atoms with Crippen molar-refractivity contribution in [2.75, 3.05) is 50.6 Å². The third-order valence-electron chi connectivity index (χ3n) is 9.77. The van der Waals surface area contributed by atoms with Crippen LogP contribution in [0.5, 0.6) is 11.5 Å². The monoisotopic (exact) mass is 657 g/mol. The molecule has 1 aromatic heterocycles. The Morgan fingerprint density at radius 1 is 1.00 bits per heavy atom. The van der Waals surface area contributed by atoms with Crippen molar-refractivity contribution >= 4 is 21.5 Å². The number of halogens is 2. The number of hydrogen-bond acceptors (Lipinski definition) is 8. The number of ether oxygens (including phenoxy) is 2. The van der Waals surface area contributed by atoms with Gasteiger partial charge < -0.3 is 19.3 Å². The molecule has 1 aliphatic heterocycles. The topological polar surface area (TPSA) is 88.1 Å². The number of benzene rings is 2. The zero-order valence-corrected chi connectivity index (χ0v) is 28.0. The van der Waals surface area contributed by atoms with Crippen LogP contribution < -0.4 is 18.7 Å². The molecule has 1 aliphatic carbocycles. The van der Waals surface area contributed by atoms with E-state index in [4.69, 9.17) is 9.47 Å². The smallest absolute Gasteiger partial charge is 0.271 e. The van der Waals surface area contributed by atoms with Gasteiger partial charge in [0.25, 0.3) is 10.0 Å². The fourth-order valence-electron chi connectivity index (χ4n) is 7.02. The van der Waals surface area contributed by atoms with Crippen molar-refractivity contribution < 1.29 is 26.7 Å². The van der Waals surface area contributed by atoms with E-state index in [1.165, 1.54) is 64.9 Å². The molecule has 46 heavy (non-hydrogen) atoms. The van der Waals surface area contributed by atoms with Crippen LogP contribution in [0.25, 0.3) is 0 Å². The minimum Gasteiger partial charge on any atom is -0.497 e. The van der Waals surface area contributed by atoms with E-state index in [2.05, 4.69) is 29.0 Å². The van der Waals surface area contributed by atoms with Crippen molar-refractivity contribution in [3.8, 4) is 11.5 Å². The maximum absolute atomic E-state index is 16.0. The second-order valence-corrected chi connectivity index (χ2v) is 14.5. The maximum atomic E-state index is 16.0. The van der Waals surface area contributed by atoms with E-state index >= 15 is 8.78 Å². The average molecular weight is 658 g/mol. The van der Waals surface area contributed by atoms with Crippen LogP contribution >= 0.6 is 0 Å². The van der Waals surface area contributed by atoms with E-state index in [9.17, 15) is 8.42 Å². The number of sulfonamides is 1. The SMILES string of the molecule is COc1ccc(CN(c2ccncn2)S(=O)(=O)c2c(F)cc(N3CCC[C@@](CCC4CCCCC4)(N(C)C)C3)cc2F)c(OC)c1. The Bertz CT molecular complexity index is 1560. The number of likely N-dealkylation sites (N-methyl/N-ethyl adjacent to an activating group) is 1. The van der Waals surface area contributed by atoms with Crippen LogP contribution in [0.3, 0.4) is 0 Å². The lowest BCUT2D eigenvalue weighted by molar-refractivity contribution is 0.103. The summed E-state index contributed by atoms with van der Waals surface area (Å²) < 4.78 is 71.8. The molecule has 5 rings (SSSR count). The van der Waals surface area contributed by atoms with E-state index in [1.807, 2.05) is 4.90 Å². The molecule has 0 unspecified atom stereocenters. The van der Waals surface area contributed by atoms with Gasteiger partial charge in [0, 0.05) is 48.2 Å². The first-order valence-corrected chi connectivity index (χ1v) is 17.4. The number of methoxy groups -OCH3 is 2. The fraction of sp³-hybridized carbons (Fsp3) is 0.529. The van der Waals surface area contributed by atoms with Crippen molar-refractivity contribution in [1.29, 1.82) is 0 Å². The number of aromatic nitrogens is 2. The molecule has 2 aromatic carbocycles. The van der Waals surface area contributed by atoms with Crippen LogP contribution in [0.4, 0.5) is 20.3 Å². The minimum atomic E-state index is -4.78. The fourth-order valence-corrected chi connectivity index (χ4v) is 8.51. The third kappa shape index (κ3) is 7.22. The third-order valence-corrected chi connectivity index (χ3v) is 11.6. The maximum Gasteiger partial charge on any atom is 0.271 e. The highest BCUT2D eigenvalue weighted by Crippen LogP contribution is 2.38. The van der Waals surface area contributed by atoms with Crippen LogP contribution in [0.15, 0.2) is 53.8 Å². The Labute approximate surface area is 271 Å². The van der Waals surface area contributed by atoms with Gasteiger partial charge in [0.1, 0.15) is 35.3 Å². The summed E-state index contributed by atoms with van der Waals surface area (Å²) >= 11 is 0. The number of anilines is 2. The van der Waals surface area contributed by atoms with Crippen molar-refractivity contribution in [2.24, 2.45) is 5.92 Å². The molecule has 250 valence electrons. The normalized spacial score (nSPS) is 19.3. The molecule has 0 bridgehead atoms. The lowest BCUT2D eigenvalue weighted by Gasteiger charge is -2.48. The lowest BCUT2D eigenvalue weighted by Crippen LogP contribution is -2.56. The Kier molecular flexibility index (Phi) is 10.7. The molecule has 2 aliphatic rings. The Hall–Kier alpha value is -3.51. The molecule has 2 fully saturated rings. The van der Waals surface area contributed by atoms with Gasteiger partial charge in [-0.15, -0.1) is 0 Å². The molecule has 0 N–H and O–H groups in total. The van der Waals surface area contributed by atoms with Crippen LogP contribution in [0.2, 0.25) is 0 Å². The van der Waals surface area contributed by atoms with E-state index in [-0.39, 0.29) is 17.9 Å². The van der Waals surface area contributed by atoms with Crippen LogP contribution in [-0.2, 0) is 16.6 Å². The van der Waals surface area contributed by atoms with E-state index < -0.39 is 26.6 Å². The zero-order valence-electron chi connectivity index (χ0n) is 27.2. The van der Waals surface area contributed by atoms with Gasteiger partial charge in [0.2, 0.25) is 0 Å². The Balaban J connectivity index is 1.45. The van der Waals surface area contributed by atoms with Crippen molar-refractivity contribution in [3.05, 3.63) is 66.1 Å². The van der Waals surface area contributed by atoms with Crippen LogP contribution in [-0.4, -0.2) is 70.2 Å². The highest BCUT2D eigenvalue weighted by molar-refractivity contribution is 7.92. The van der Waals surface area contributed by atoms with Gasteiger partial charge in [-0.25, -0.2) is 31.5 Å². The predicted octanol–water partition coefficient (Wildman–Crippen LogP) is 6.43. The molecule has 0 spiro atoms. The zero-order chi connectivity index (χ0) is 32.9. The van der Waals surface area contributed by atoms with E-state index in [1.54, 1.807) is 18.2 Å². The Morgan fingerprint density at radius 2 is 1.74 bits per heavy atom. The Morgan fingerprint density at radius 3 is 2.37 bits per heavy atom.